The lowest BCUT2D eigenvalue weighted by Crippen LogP contribution is -2.44. The van der Waals surface area contributed by atoms with Crippen molar-refractivity contribution in [2.24, 2.45) is 0 Å². The average Bonchev–Trinajstić information content (AvgIpc) is 2.75. The van der Waals surface area contributed by atoms with E-state index < -0.39 is 0 Å². The molecule has 0 spiro atoms. The first-order valence-electron chi connectivity index (χ1n) is 6.82. The molecule has 0 aromatic carbocycles. The summed E-state index contributed by atoms with van der Waals surface area (Å²) in [6.07, 6.45) is 6.43. The molecule has 0 saturated heterocycles. The molecule has 2 rings (SSSR count). The van der Waals surface area contributed by atoms with Gasteiger partial charge in [0.25, 0.3) is 0 Å². The van der Waals surface area contributed by atoms with Crippen molar-refractivity contribution in [3.05, 3.63) is 0 Å². The van der Waals surface area contributed by atoms with Gasteiger partial charge in [-0.25, -0.2) is 5.10 Å². The zero-order chi connectivity index (χ0) is 12.7. The highest BCUT2D eigenvalue weighted by Gasteiger charge is 2.25. The van der Waals surface area contributed by atoms with Crippen molar-refractivity contribution < 1.29 is 4.68 Å². The highest BCUT2D eigenvalue weighted by Crippen LogP contribution is 2.24. The van der Waals surface area contributed by atoms with Crippen molar-refractivity contribution in [2.75, 3.05) is 17.6 Å². The molecule has 1 fully saturated rings. The molecule has 1 aromatic heterocycles. The van der Waals surface area contributed by atoms with Gasteiger partial charge in [-0.15, -0.1) is 0 Å². The molecular formula is C12H26N5+. The quantitative estimate of drug-likeness (QED) is 0.710. The molecule has 4 N–H and O–H groups in total. The van der Waals surface area contributed by atoms with Crippen molar-refractivity contribution in [3.63, 3.8) is 0 Å². The maximum absolute atomic E-state index is 5.69. The lowest BCUT2D eigenvalue weighted by molar-refractivity contribution is -0.763. The van der Waals surface area contributed by atoms with Crippen molar-refractivity contribution in [3.8, 4) is 0 Å². The van der Waals surface area contributed by atoms with E-state index in [4.69, 9.17) is 5.73 Å². The molecule has 17 heavy (non-hydrogen) atoms. The number of nitrogens with one attached hydrogen (secondary N) is 2. The Morgan fingerprint density at radius 1 is 1.35 bits per heavy atom. The summed E-state index contributed by atoms with van der Waals surface area (Å²) in [4.78, 5) is 4.25. The third-order valence-corrected chi connectivity index (χ3v) is 2.96. The van der Waals surface area contributed by atoms with Crippen LogP contribution in [0.2, 0.25) is 0 Å². The zero-order valence-corrected chi connectivity index (χ0v) is 11.3. The fraction of sp³-hybridized carbons (Fsp3) is 0.833. The summed E-state index contributed by atoms with van der Waals surface area (Å²) in [5, 5.41) is 6.35. The van der Waals surface area contributed by atoms with E-state index in [1.165, 1.54) is 32.1 Å². The van der Waals surface area contributed by atoms with Crippen molar-refractivity contribution >= 4 is 11.9 Å². The van der Waals surface area contributed by atoms with Crippen LogP contribution in [0.3, 0.4) is 0 Å². The second-order valence-corrected chi connectivity index (χ2v) is 4.12. The van der Waals surface area contributed by atoms with Crippen molar-refractivity contribution in [2.45, 2.75) is 58.9 Å². The molecule has 1 aliphatic rings. The minimum absolute atomic E-state index is 0.497. The number of nitrogens with two attached hydrogens (primary N) is 1. The van der Waals surface area contributed by atoms with Gasteiger partial charge >= 0.3 is 11.9 Å². The van der Waals surface area contributed by atoms with Gasteiger partial charge in [-0.1, -0.05) is 20.3 Å². The monoisotopic (exact) mass is 240 g/mol. The van der Waals surface area contributed by atoms with E-state index in [-0.39, 0.29) is 0 Å². The lowest BCUT2D eigenvalue weighted by Gasteiger charge is -2.19. The van der Waals surface area contributed by atoms with Gasteiger partial charge in [-0.2, -0.15) is 4.68 Å². The van der Waals surface area contributed by atoms with E-state index in [9.17, 15) is 0 Å². The molecule has 0 bridgehead atoms. The summed E-state index contributed by atoms with van der Waals surface area (Å²) >= 11 is 0. The number of hydrogen-bond acceptors (Lipinski definition) is 3. The minimum atomic E-state index is 0.497. The maximum Gasteiger partial charge on any atom is 0.413 e. The van der Waals surface area contributed by atoms with Gasteiger partial charge in [0, 0.05) is 0 Å². The van der Waals surface area contributed by atoms with Crippen LogP contribution in [0.25, 0.3) is 0 Å². The predicted octanol–water partition coefficient (Wildman–Crippen LogP) is 2.24. The van der Waals surface area contributed by atoms with Crippen LogP contribution in [-0.4, -0.2) is 16.6 Å². The van der Waals surface area contributed by atoms with Crippen molar-refractivity contribution in [1.29, 1.82) is 0 Å². The fourth-order valence-electron chi connectivity index (χ4n) is 2.26. The Morgan fingerprint density at radius 3 is 2.59 bits per heavy atom. The Hall–Kier alpha value is -1.26. The number of H-pyrrole nitrogens is 1. The first-order chi connectivity index (χ1) is 8.31. The van der Waals surface area contributed by atoms with Gasteiger partial charge < -0.3 is 5.73 Å². The minimum Gasteiger partial charge on any atom is -0.353 e. The molecule has 98 valence electrons. The Bertz CT molecular complexity index is 315. The van der Waals surface area contributed by atoms with Crippen LogP contribution in [0.5, 0.6) is 0 Å². The third kappa shape index (κ3) is 3.61. The van der Waals surface area contributed by atoms with Crippen LogP contribution in [0.15, 0.2) is 0 Å². The summed E-state index contributed by atoms with van der Waals surface area (Å²) in [7, 11) is 0. The molecule has 1 aliphatic carbocycles. The third-order valence-electron chi connectivity index (χ3n) is 2.96. The summed E-state index contributed by atoms with van der Waals surface area (Å²) < 4.78 is 2.10. The highest BCUT2D eigenvalue weighted by molar-refractivity contribution is 5.24. The number of anilines is 2. The molecule has 0 aliphatic heterocycles. The van der Waals surface area contributed by atoms with Crippen LogP contribution < -0.4 is 15.7 Å². The summed E-state index contributed by atoms with van der Waals surface area (Å²) in [5.74, 6) is 1.37. The SMILES string of the molecule is CC.CCNc1nc(N)[nH][n+]1C1CCCCC1. The van der Waals surface area contributed by atoms with Crippen LogP contribution >= 0.6 is 0 Å². The molecule has 5 heteroatoms. The Balaban J connectivity index is 0.000000686. The Kier molecular flexibility index (Phi) is 5.80. The summed E-state index contributed by atoms with van der Waals surface area (Å²) in [5.41, 5.74) is 5.69. The zero-order valence-electron chi connectivity index (χ0n) is 11.3. The molecule has 0 unspecified atom stereocenters. The van der Waals surface area contributed by atoms with Crippen LogP contribution in [-0.2, 0) is 0 Å². The number of hydrogen-bond donors (Lipinski definition) is 3. The van der Waals surface area contributed by atoms with E-state index in [1.54, 1.807) is 0 Å². The van der Waals surface area contributed by atoms with Gasteiger partial charge in [0.15, 0.2) is 0 Å². The number of nitrogen functional groups attached to an aromatic ring is 1. The maximum atomic E-state index is 5.69. The molecular weight excluding hydrogens is 214 g/mol. The molecule has 1 heterocycles. The molecule has 1 aromatic rings. The number of aromatic amines is 1. The topological polar surface area (TPSA) is 70.6 Å². The molecule has 0 atom stereocenters. The lowest BCUT2D eigenvalue weighted by atomic mass is 9.96. The van der Waals surface area contributed by atoms with Crippen LogP contribution in [0, 0.1) is 0 Å². The van der Waals surface area contributed by atoms with E-state index in [0.717, 1.165) is 12.5 Å². The summed E-state index contributed by atoms with van der Waals surface area (Å²) in [6, 6.07) is 0.539. The number of rotatable bonds is 3. The second kappa shape index (κ2) is 7.14. The standard InChI is InChI=1S/C10H19N5.C2H6/c1-2-12-10-13-9(11)14-15(10)8-6-4-3-5-7-8;1-2/h8H,2-7H2,1H3,(H3,11,12,13,14);1-2H3/p+1. The normalized spacial score (nSPS) is 16.2. The number of nitrogens with zero attached hydrogens (tertiary/aromatic N) is 2. The second-order valence-electron chi connectivity index (χ2n) is 4.12. The van der Waals surface area contributed by atoms with Crippen LogP contribution in [0.4, 0.5) is 11.9 Å². The largest absolute Gasteiger partial charge is 0.413 e. The fourth-order valence-corrected chi connectivity index (χ4v) is 2.26. The highest BCUT2D eigenvalue weighted by atomic mass is 15.4. The van der Waals surface area contributed by atoms with E-state index in [1.807, 2.05) is 13.8 Å². The first-order valence-corrected chi connectivity index (χ1v) is 6.82. The molecule has 0 amide bonds. The van der Waals surface area contributed by atoms with Gasteiger partial charge in [-0.05, 0) is 37.6 Å². The van der Waals surface area contributed by atoms with Gasteiger partial charge in [0.2, 0.25) is 0 Å². The Labute approximate surface area is 104 Å². The van der Waals surface area contributed by atoms with Gasteiger partial charge in [0.1, 0.15) is 6.04 Å². The average molecular weight is 240 g/mol. The van der Waals surface area contributed by atoms with Gasteiger partial charge in [-0.3, -0.25) is 5.32 Å². The smallest absolute Gasteiger partial charge is 0.353 e. The number of aromatic nitrogens is 3. The van der Waals surface area contributed by atoms with E-state index in [0.29, 0.717) is 12.0 Å². The molecule has 1 saturated carbocycles. The molecule has 5 nitrogen and oxygen atoms in total. The van der Waals surface area contributed by atoms with E-state index in [2.05, 4.69) is 27.0 Å². The van der Waals surface area contributed by atoms with Crippen LogP contribution in [0.1, 0.15) is 58.9 Å². The summed E-state index contributed by atoms with van der Waals surface area (Å²) in [6.45, 7) is 6.94. The first kappa shape index (κ1) is 13.8. The Morgan fingerprint density at radius 2 is 2.00 bits per heavy atom. The van der Waals surface area contributed by atoms with Gasteiger partial charge in [0.05, 0.1) is 6.54 Å². The van der Waals surface area contributed by atoms with Crippen molar-refractivity contribution in [1.82, 2.24) is 10.1 Å². The van der Waals surface area contributed by atoms with E-state index >= 15 is 0 Å². The molecule has 0 radical (unpaired) electrons. The predicted molar refractivity (Wildman–Crippen MR) is 70.8 cm³/mol.